The molecule has 3 rings (SSSR count). The molecule has 0 radical (unpaired) electrons. The van der Waals surface area contributed by atoms with E-state index in [4.69, 9.17) is 0 Å². The molecule has 1 aromatic rings. The highest BCUT2D eigenvalue weighted by Gasteiger charge is 2.32. The quantitative estimate of drug-likeness (QED) is 0.443. The van der Waals surface area contributed by atoms with Crippen LogP contribution in [-0.4, -0.2) is 47.8 Å². The SMILES string of the molecule is O=C(C=CN1CCC[C@H]1CN1CCCC1)c1cc(F)cc(C(F)(F)F)c1. The zero-order valence-corrected chi connectivity index (χ0v) is 14.4. The van der Waals surface area contributed by atoms with E-state index in [0.717, 1.165) is 45.1 Å². The van der Waals surface area contributed by atoms with Gasteiger partial charge in [0.1, 0.15) is 5.82 Å². The number of carbonyl (C=O) groups excluding carboxylic acids is 1. The Labute approximate surface area is 150 Å². The third-order valence-electron chi connectivity index (χ3n) is 5.02. The lowest BCUT2D eigenvalue weighted by Gasteiger charge is -2.27. The van der Waals surface area contributed by atoms with Gasteiger partial charge in [0, 0.05) is 37.0 Å². The van der Waals surface area contributed by atoms with Crippen molar-refractivity contribution in [2.24, 2.45) is 0 Å². The van der Waals surface area contributed by atoms with Crippen LogP contribution >= 0.6 is 0 Å². The Balaban J connectivity index is 1.67. The van der Waals surface area contributed by atoms with Crippen LogP contribution in [0.3, 0.4) is 0 Å². The summed E-state index contributed by atoms with van der Waals surface area (Å²) in [6, 6.07) is 2.25. The molecule has 0 unspecified atom stereocenters. The normalized spacial score (nSPS) is 21.8. The Morgan fingerprint density at radius 1 is 1.12 bits per heavy atom. The Morgan fingerprint density at radius 3 is 2.54 bits per heavy atom. The molecule has 0 bridgehead atoms. The van der Waals surface area contributed by atoms with Crippen LogP contribution < -0.4 is 0 Å². The predicted octanol–water partition coefficient (Wildman–Crippen LogP) is 4.10. The number of benzene rings is 1. The first kappa shape index (κ1) is 18.9. The van der Waals surface area contributed by atoms with Gasteiger partial charge in [-0.05, 0) is 57.0 Å². The molecule has 2 aliphatic heterocycles. The Hall–Kier alpha value is -1.89. The number of halogens is 4. The van der Waals surface area contributed by atoms with Gasteiger partial charge in [0.05, 0.1) is 5.56 Å². The van der Waals surface area contributed by atoms with Gasteiger partial charge in [0.2, 0.25) is 0 Å². The van der Waals surface area contributed by atoms with Gasteiger partial charge in [-0.2, -0.15) is 13.2 Å². The minimum absolute atomic E-state index is 0.288. The number of alkyl halides is 3. The highest BCUT2D eigenvalue weighted by atomic mass is 19.4. The first-order chi connectivity index (χ1) is 12.3. The van der Waals surface area contributed by atoms with E-state index in [1.807, 2.05) is 0 Å². The smallest absolute Gasteiger partial charge is 0.373 e. The van der Waals surface area contributed by atoms with Crippen LogP contribution in [0.15, 0.2) is 30.5 Å². The van der Waals surface area contributed by atoms with Crippen molar-refractivity contribution >= 4 is 5.78 Å². The van der Waals surface area contributed by atoms with E-state index in [2.05, 4.69) is 9.80 Å². The molecule has 7 heteroatoms. The van der Waals surface area contributed by atoms with Crippen LogP contribution in [0.2, 0.25) is 0 Å². The third-order valence-corrected chi connectivity index (χ3v) is 5.02. The van der Waals surface area contributed by atoms with E-state index in [0.29, 0.717) is 18.2 Å². The van der Waals surface area contributed by atoms with Crippen LogP contribution in [0.5, 0.6) is 0 Å². The van der Waals surface area contributed by atoms with Gasteiger partial charge in [-0.15, -0.1) is 0 Å². The zero-order chi connectivity index (χ0) is 18.7. The molecular formula is C19H22F4N2O. The summed E-state index contributed by atoms with van der Waals surface area (Å²) in [4.78, 5) is 16.7. The third kappa shape index (κ3) is 4.63. The van der Waals surface area contributed by atoms with Gasteiger partial charge in [-0.25, -0.2) is 4.39 Å². The standard InChI is InChI=1S/C19H22F4N2O/c20-16-11-14(10-15(12-16)19(21,22)23)18(26)5-9-25-8-3-4-17(25)13-24-6-1-2-7-24/h5,9-12,17H,1-4,6-8,13H2/t17-/m0/s1. The van der Waals surface area contributed by atoms with Gasteiger partial charge in [-0.1, -0.05) is 0 Å². The average Bonchev–Trinajstić information content (AvgIpc) is 3.23. The van der Waals surface area contributed by atoms with Gasteiger partial charge < -0.3 is 9.80 Å². The molecular weight excluding hydrogens is 348 g/mol. The summed E-state index contributed by atoms with van der Waals surface area (Å²) in [6.45, 7) is 3.95. The monoisotopic (exact) mass is 370 g/mol. The second-order valence-electron chi connectivity index (χ2n) is 6.95. The lowest BCUT2D eigenvalue weighted by atomic mass is 10.1. The summed E-state index contributed by atoms with van der Waals surface area (Å²) in [5, 5.41) is 0. The number of hydrogen-bond donors (Lipinski definition) is 0. The second kappa shape index (κ2) is 7.78. The van der Waals surface area contributed by atoms with Crippen LogP contribution in [0, 0.1) is 5.82 Å². The highest BCUT2D eigenvalue weighted by Crippen LogP contribution is 2.30. The first-order valence-corrected chi connectivity index (χ1v) is 8.91. The molecule has 2 saturated heterocycles. The van der Waals surface area contributed by atoms with E-state index < -0.39 is 23.3 Å². The summed E-state index contributed by atoms with van der Waals surface area (Å²) in [5.41, 5.74) is -1.44. The molecule has 0 spiro atoms. The predicted molar refractivity (Wildman–Crippen MR) is 90.3 cm³/mol. The number of nitrogens with zero attached hydrogens (tertiary/aromatic N) is 2. The Morgan fingerprint density at radius 2 is 1.85 bits per heavy atom. The number of ketones is 1. The van der Waals surface area contributed by atoms with Crippen molar-refractivity contribution in [3.63, 3.8) is 0 Å². The molecule has 0 N–H and O–H groups in total. The summed E-state index contributed by atoms with van der Waals surface area (Å²) in [6.07, 6.45) is 2.69. The Kier molecular flexibility index (Phi) is 5.65. The molecule has 3 nitrogen and oxygen atoms in total. The fraction of sp³-hybridized carbons (Fsp3) is 0.526. The molecule has 0 amide bonds. The summed E-state index contributed by atoms with van der Waals surface area (Å²) in [7, 11) is 0. The lowest BCUT2D eigenvalue weighted by molar-refractivity contribution is -0.137. The molecule has 2 fully saturated rings. The van der Waals surface area contributed by atoms with E-state index in [-0.39, 0.29) is 5.56 Å². The van der Waals surface area contributed by atoms with Crippen LogP contribution in [0.4, 0.5) is 17.6 Å². The number of carbonyl (C=O) groups is 1. The summed E-state index contributed by atoms with van der Waals surface area (Å²) in [5.74, 6) is -1.69. The van der Waals surface area contributed by atoms with Crippen molar-refractivity contribution < 1.29 is 22.4 Å². The van der Waals surface area contributed by atoms with Crippen LogP contribution in [0.1, 0.15) is 41.6 Å². The molecule has 26 heavy (non-hydrogen) atoms. The maximum Gasteiger partial charge on any atom is 0.416 e. The van der Waals surface area contributed by atoms with Gasteiger partial charge >= 0.3 is 6.18 Å². The Bertz CT molecular complexity index is 681. The summed E-state index contributed by atoms with van der Waals surface area (Å²) >= 11 is 0. The van der Waals surface area contributed by atoms with E-state index >= 15 is 0 Å². The number of hydrogen-bond acceptors (Lipinski definition) is 3. The van der Waals surface area contributed by atoms with E-state index in [1.54, 1.807) is 6.20 Å². The van der Waals surface area contributed by atoms with Gasteiger partial charge in [-0.3, -0.25) is 4.79 Å². The molecule has 1 aromatic carbocycles. The maximum absolute atomic E-state index is 13.5. The number of rotatable bonds is 5. The second-order valence-corrected chi connectivity index (χ2v) is 6.95. The molecule has 2 heterocycles. The van der Waals surface area contributed by atoms with E-state index in [9.17, 15) is 22.4 Å². The van der Waals surface area contributed by atoms with Crippen LogP contribution in [-0.2, 0) is 6.18 Å². The molecule has 2 aliphatic rings. The maximum atomic E-state index is 13.5. The average molecular weight is 370 g/mol. The fourth-order valence-corrected chi connectivity index (χ4v) is 3.67. The molecule has 142 valence electrons. The fourth-order valence-electron chi connectivity index (χ4n) is 3.67. The highest BCUT2D eigenvalue weighted by molar-refractivity contribution is 6.04. The van der Waals surface area contributed by atoms with Crippen molar-refractivity contribution in [2.45, 2.75) is 37.9 Å². The molecule has 1 atom stereocenters. The molecule has 0 aromatic heterocycles. The van der Waals surface area contributed by atoms with Crippen molar-refractivity contribution in [3.05, 3.63) is 47.4 Å². The van der Waals surface area contributed by atoms with Gasteiger partial charge in [0.25, 0.3) is 0 Å². The molecule has 0 aliphatic carbocycles. The number of allylic oxidation sites excluding steroid dienone is 1. The zero-order valence-electron chi connectivity index (χ0n) is 14.4. The van der Waals surface area contributed by atoms with Crippen LogP contribution in [0.25, 0.3) is 0 Å². The minimum atomic E-state index is -4.68. The van der Waals surface area contributed by atoms with Crippen molar-refractivity contribution in [2.75, 3.05) is 26.2 Å². The van der Waals surface area contributed by atoms with Gasteiger partial charge in [0.15, 0.2) is 5.78 Å². The largest absolute Gasteiger partial charge is 0.416 e. The topological polar surface area (TPSA) is 23.6 Å². The van der Waals surface area contributed by atoms with Crippen molar-refractivity contribution in [1.82, 2.24) is 9.80 Å². The molecule has 0 saturated carbocycles. The lowest BCUT2D eigenvalue weighted by Crippen LogP contribution is -2.36. The van der Waals surface area contributed by atoms with Crippen molar-refractivity contribution in [1.29, 1.82) is 0 Å². The minimum Gasteiger partial charge on any atom is -0.373 e. The van der Waals surface area contributed by atoms with E-state index in [1.165, 1.54) is 18.9 Å². The first-order valence-electron chi connectivity index (χ1n) is 8.91. The summed E-state index contributed by atoms with van der Waals surface area (Å²) < 4.78 is 51.8. The number of likely N-dealkylation sites (tertiary alicyclic amines) is 2. The van der Waals surface area contributed by atoms with Crippen molar-refractivity contribution in [3.8, 4) is 0 Å².